The van der Waals surface area contributed by atoms with Crippen molar-refractivity contribution in [1.82, 2.24) is 10.3 Å². The lowest BCUT2D eigenvalue weighted by Crippen LogP contribution is -2.34. The zero-order valence-corrected chi connectivity index (χ0v) is 11.9. The summed E-state index contributed by atoms with van der Waals surface area (Å²) in [6.45, 7) is 4.21. The molecule has 5 heteroatoms. The molecule has 2 rings (SSSR count). The van der Waals surface area contributed by atoms with Crippen molar-refractivity contribution in [3.05, 3.63) is 22.8 Å². The summed E-state index contributed by atoms with van der Waals surface area (Å²) in [4.78, 5) is 16.2. The minimum absolute atomic E-state index is 0.0329. The predicted molar refractivity (Wildman–Crippen MR) is 77.4 cm³/mol. The Morgan fingerprint density at radius 3 is 3.16 bits per heavy atom. The Balaban J connectivity index is 2.01. The van der Waals surface area contributed by atoms with E-state index in [1.54, 1.807) is 6.07 Å². The summed E-state index contributed by atoms with van der Waals surface area (Å²) in [5, 5.41) is 3.83. The van der Waals surface area contributed by atoms with Gasteiger partial charge in [-0.15, -0.1) is 0 Å². The topological polar surface area (TPSA) is 68.0 Å². The molecule has 2 unspecified atom stereocenters. The molecule has 19 heavy (non-hydrogen) atoms. The van der Waals surface area contributed by atoms with Crippen molar-refractivity contribution in [2.24, 2.45) is 11.8 Å². The van der Waals surface area contributed by atoms with Crippen molar-refractivity contribution < 1.29 is 4.79 Å². The second-order valence-electron chi connectivity index (χ2n) is 5.30. The van der Waals surface area contributed by atoms with Gasteiger partial charge >= 0.3 is 0 Å². The first-order valence-electron chi connectivity index (χ1n) is 6.73. The molecule has 3 N–H and O–H groups in total. The Kier molecular flexibility index (Phi) is 4.77. The van der Waals surface area contributed by atoms with E-state index in [1.165, 1.54) is 19.0 Å². The van der Waals surface area contributed by atoms with Crippen LogP contribution in [0, 0.1) is 11.8 Å². The summed E-state index contributed by atoms with van der Waals surface area (Å²) in [7, 11) is 0. The molecule has 0 aromatic carbocycles. The number of nitrogens with zero attached hydrogens (tertiary/aromatic N) is 1. The standard InChI is InChI=1S/C14H20ClN3O/c1-9(10-3-2-4-17-7-10)5-13(19)12-6-11(15)8-18-14(12)16/h6,8-10,17H,2-5,7H2,1H3,(H2,16,18). The van der Waals surface area contributed by atoms with Gasteiger partial charge in [-0.05, 0) is 43.8 Å². The minimum atomic E-state index is 0.0329. The Hall–Kier alpha value is -1.13. The van der Waals surface area contributed by atoms with Crippen LogP contribution in [0.25, 0.3) is 0 Å². The number of nitrogens with two attached hydrogens (primary N) is 1. The van der Waals surface area contributed by atoms with Gasteiger partial charge in [0.15, 0.2) is 5.78 Å². The fourth-order valence-electron chi connectivity index (χ4n) is 2.61. The fraction of sp³-hybridized carbons (Fsp3) is 0.571. The molecule has 0 amide bonds. The van der Waals surface area contributed by atoms with E-state index in [0.29, 0.717) is 28.8 Å². The van der Waals surface area contributed by atoms with Crippen LogP contribution in [-0.2, 0) is 0 Å². The monoisotopic (exact) mass is 281 g/mol. The average molecular weight is 282 g/mol. The number of aromatic nitrogens is 1. The van der Waals surface area contributed by atoms with Gasteiger partial charge < -0.3 is 11.1 Å². The third kappa shape index (κ3) is 3.67. The SMILES string of the molecule is CC(CC(=O)c1cc(Cl)cnc1N)C1CCCNC1. The third-order valence-electron chi connectivity index (χ3n) is 3.83. The van der Waals surface area contributed by atoms with Crippen LogP contribution in [0.2, 0.25) is 5.02 Å². The van der Waals surface area contributed by atoms with Gasteiger partial charge in [-0.2, -0.15) is 0 Å². The van der Waals surface area contributed by atoms with Gasteiger partial charge in [0.2, 0.25) is 0 Å². The molecule has 2 atom stereocenters. The molecule has 2 heterocycles. The van der Waals surface area contributed by atoms with Gasteiger partial charge in [0.25, 0.3) is 0 Å². The maximum absolute atomic E-state index is 12.3. The summed E-state index contributed by atoms with van der Waals surface area (Å²) in [5.41, 5.74) is 6.19. The summed E-state index contributed by atoms with van der Waals surface area (Å²) >= 11 is 5.87. The second kappa shape index (κ2) is 6.35. The number of rotatable bonds is 4. The average Bonchev–Trinajstić information content (AvgIpc) is 2.42. The molecular weight excluding hydrogens is 262 g/mol. The van der Waals surface area contributed by atoms with Gasteiger partial charge in [0, 0.05) is 12.6 Å². The van der Waals surface area contributed by atoms with Crippen molar-refractivity contribution >= 4 is 23.2 Å². The molecule has 1 aromatic rings. The van der Waals surface area contributed by atoms with Crippen LogP contribution in [0.5, 0.6) is 0 Å². The highest BCUT2D eigenvalue weighted by Gasteiger charge is 2.23. The molecule has 1 aromatic heterocycles. The lowest BCUT2D eigenvalue weighted by Gasteiger charge is -2.28. The van der Waals surface area contributed by atoms with Crippen LogP contribution in [0.4, 0.5) is 5.82 Å². The number of nitrogens with one attached hydrogen (secondary N) is 1. The van der Waals surface area contributed by atoms with Crippen molar-refractivity contribution in [3.8, 4) is 0 Å². The highest BCUT2D eigenvalue weighted by atomic mass is 35.5. The van der Waals surface area contributed by atoms with Crippen LogP contribution in [0.15, 0.2) is 12.3 Å². The highest BCUT2D eigenvalue weighted by Crippen LogP contribution is 2.25. The van der Waals surface area contributed by atoms with E-state index < -0.39 is 0 Å². The molecule has 1 aliphatic heterocycles. The molecule has 1 fully saturated rings. The predicted octanol–water partition coefficient (Wildman–Crippen LogP) is 2.53. The lowest BCUT2D eigenvalue weighted by molar-refractivity contribution is 0.0943. The van der Waals surface area contributed by atoms with Crippen molar-refractivity contribution in [2.45, 2.75) is 26.2 Å². The number of hydrogen-bond acceptors (Lipinski definition) is 4. The van der Waals surface area contributed by atoms with E-state index in [0.717, 1.165) is 13.1 Å². The molecule has 0 saturated carbocycles. The normalized spacial score (nSPS) is 21.1. The quantitative estimate of drug-likeness (QED) is 0.832. The van der Waals surface area contributed by atoms with Crippen LogP contribution in [-0.4, -0.2) is 23.9 Å². The van der Waals surface area contributed by atoms with E-state index in [1.807, 2.05) is 0 Å². The van der Waals surface area contributed by atoms with Crippen LogP contribution in [0.3, 0.4) is 0 Å². The molecule has 0 radical (unpaired) electrons. The van der Waals surface area contributed by atoms with Gasteiger partial charge in [0.1, 0.15) is 5.82 Å². The smallest absolute Gasteiger partial charge is 0.166 e. The third-order valence-corrected chi connectivity index (χ3v) is 4.04. The minimum Gasteiger partial charge on any atom is -0.383 e. The molecule has 1 aliphatic rings. The number of carbonyl (C=O) groups is 1. The Bertz CT molecular complexity index is 458. The zero-order valence-electron chi connectivity index (χ0n) is 11.2. The number of piperidine rings is 1. The van der Waals surface area contributed by atoms with Gasteiger partial charge in [-0.25, -0.2) is 4.98 Å². The van der Waals surface area contributed by atoms with Crippen molar-refractivity contribution in [1.29, 1.82) is 0 Å². The van der Waals surface area contributed by atoms with Gasteiger partial charge in [-0.3, -0.25) is 4.79 Å². The van der Waals surface area contributed by atoms with Crippen LogP contribution >= 0.6 is 11.6 Å². The number of Topliss-reactive ketones (excluding diaryl/α,β-unsaturated/α-hetero) is 1. The van der Waals surface area contributed by atoms with Gasteiger partial charge in [0.05, 0.1) is 10.6 Å². The lowest BCUT2D eigenvalue weighted by atomic mass is 9.83. The molecule has 4 nitrogen and oxygen atoms in total. The maximum atomic E-state index is 12.3. The van der Waals surface area contributed by atoms with Gasteiger partial charge in [-0.1, -0.05) is 18.5 Å². The van der Waals surface area contributed by atoms with E-state index in [-0.39, 0.29) is 11.6 Å². The number of hydrogen-bond donors (Lipinski definition) is 2. The Morgan fingerprint density at radius 1 is 1.68 bits per heavy atom. The second-order valence-corrected chi connectivity index (χ2v) is 5.73. The highest BCUT2D eigenvalue weighted by molar-refractivity contribution is 6.31. The number of pyridine rings is 1. The first-order valence-corrected chi connectivity index (χ1v) is 7.10. The Labute approximate surface area is 118 Å². The molecule has 0 spiro atoms. The number of halogens is 1. The largest absolute Gasteiger partial charge is 0.383 e. The molecule has 1 saturated heterocycles. The van der Waals surface area contributed by atoms with E-state index in [4.69, 9.17) is 17.3 Å². The number of nitrogen functional groups attached to an aromatic ring is 1. The molecule has 0 aliphatic carbocycles. The molecular formula is C14H20ClN3O. The van der Waals surface area contributed by atoms with E-state index in [2.05, 4.69) is 17.2 Å². The molecule has 104 valence electrons. The summed E-state index contributed by atoms with van der Waals surface area (Å²) in [5.74, 6) is 1.21. The van der Waals surface area contributed by atoms with E-state index in [9.17, 15) is 4.79 Å². The zero-order chi connectivity index (χ0) is 13.8. The van der Waals surface area contributed by atoms with Crippen LogP contribution < -0.4 is 11.1 Å². The molecule has 0 bridgehead atoms. The summed E-state index contributed by atoms with van der Waals surface area (Å²) in [6, 6.07) is 1.61. The number of anilines is 1. The fourth-order valence-corrected chi connectivity index (χ4v) is 2.76. The number of ketones is 1. The number of carbonyl (C=O) groups excluding carboxylic acids is 1. The van der Waals surface area contributed by atoms with Crippen LogP contribution in [0.1, 0.15) is 36.5 Å². The first kappa shape index (κ1) is 14.3. The first-order chi connectivity index (χ1) is 9.08. The van der Waals surface area contributed by atoms with Crippen molar-refractivity contribution in [3.63, 3.8) is 0 Å². The summed E-state index contributed by atoms with van der Waals surface area (Å²) < 4.78 is 0. The Morgan fingerprint density at radius 2 is 2.47 bits per heavy atom. The van der Waals surface area contributed by atoms with Crippen molar-refractivity contribution in [2.75, 3.05) is 18.8 Å². The van der Waals surface area contributed by atoms with E-state index >= 15 is 0 Å². The maximum Gasteiger partial charge on any atom is 0.166 e. The summed E-state index contributed by atoms with van der Waals surface area (Å²) in [6.07, 6.45) is 4.33.